The van der Waals surface area contributed by atoms with Gasteiger partial charge in [-0.2, -0.15) is 8.42 Å². The first-order chi connectivity index (χ1) is 10.4. The Morgan fingerprint density at radius 2 is 1.65 bits per heavy atom. The molecule has 128 valence electrons. The van der Waals surface area contributed by atoms with Crippen molar-refractivity contribution in [2.75, 3.05) is 0 Å². The summed E-state index contributed by atoms with van der Waals surface area (Å²) in [6.45, 7) is 8.10. The van der Waals surface area contributed by atoms with Gasteiger partial charge in [0.1, 0.15) is 16.5 Å². The Bertz CT molecular complexity index is 673. The van der Waals surface area contributed by atoms with Crippen LogP contribution in [0.2, 0.25) is 0 Å². The van der Waals surface area contributed by atoms with Crippen molar-refractivity contribution in [1.82, 2.24) is 5.32 Å². The number of hydrogen-bond acceptors (Lipinski definition) is 6. The third-order valence-corrected chi connectivity index (χ3v) is 3.82. The van der Waals surface area contributed by atoms with Crippen LogP contribution in [0.15, 0.2) is 29.2 Å². The zero-order valence-electron chi connectivity index (χ0n) is 13.7. The zero-order valence-corrected chi connectivity index (χ0v) is 14.6. The van der Waals surface area contributed by atoms with Crippen LogP contribution < -0.4 is 5.32 Å². The number of carbonyl (C=O) groups excluding carboxylic acids is 2. The summed E-state index contributed by atoms with van der Waals surface area (Å²) >= 11 is 0. The second-order valence-corrected chi connectivity index (χ2v) is 7.58. The van der Waals surface area contributed by atoms with Gasteiger partial charge in [-0.15, -0.1) is 0 Å². The maximum atomic E-state index is 12.0. The van der Waals surface area contributed by atoms with Crippen molar-refractivity contribution >= 4 is 22.2 Å². The smallest absolute Gasteiger partial charge is 0.408 e. The van der Waals surface area contributed by atoms with Crippen LogP contribution in [-0.4, -0.2) is 32.1 Å². The molecule has 0 aromatic heterocycles. The van der Waals surface area contributed by atoms with Crippen LogP contribution in [-0.2, 0) is 23.8 Å². The maximum absolute atomic E-state index is 12.0. The molecule has 1 N–H and O–H groups in total. The molecular weight excluding hydrogens is 322 g/mol. The minimum atomic E-state index is -4.23. The van der Waals surface area contributed by atoms with Gasteiger partial charge in [-0.05, 0) is 46.8 Å². The van der Waals surface area contributed by atoms with Gasteiger partial charge in [-0.3, -0.25) is 0 Å². The summed E-state index contributed by atoms with van der Waals surface area (Å²) in [5.74, 6) is -1.10. The molecule has 0 spiro atoms. The summed E-state index contributed by atoms with van der Waals surface area (Å²) < 4.78 is 33.5. The van der Waals surface area contributed by atoms with Crippen molar-refractivity contribution in [2.45, 2.75) is 51.2 Å². The number of hydrogen-bond donors (Lipinski definition) is 1. The second-order valence-electron chi connectivity index (χ2n) is 6.04. The lowest BCUT2D eigenvalue weighted by Crippen LogP contribution is -2.42. The summed E-state index contributed by atoms with van der Waals surface area (Å²) in [6, 6.07) is 4.67. The van der Waals surface area contributed by atoms with Crippen molar-refractivity contribution in [1.29, 1.82) is 0 Å². The normalized spacial score (nSPS) is 13.1. The van der Waals surface area contributed by atoms with Crippen LogP contribution in [0, 0.1) is 6.92 Å². The number of aryl methyl sites for hydroxylation is 1. The molecule has 8 heteroatoms. The van der Waals surface area contributed by atoms with Crippen molar-refractivity contribution in [2.24, 2.45) is 0 Å². The first-order valence-corrected chi connectivity index (χ1v) is 8.36. The average molecular weight is 343 g/mol. The number of amides is 1. The molecule has 0 radical (unpaired) electrons. The van der Waals surface area contributed by atoms with Crippen LogP contribution in [0.3, 0.4) is 0 Å². The van der Waals surface area contributed by atoms with E-state index in [0.717, 1.165) is 5.56 Å². The van der Waals surface area contributed by atoms with E-state index in [1.807, 2.05) is 0 Å². The topological polar surface area (TPSA) is 98.8 Å². The van der Waals surface area contributed by atoms with E-state index in [9.17, 15) is 18.0 Å². The van der Waals surface area contributed by atoms with Gasteiger partial charge in [0.15, 0.2) is 0 Å². The van der Waals surface area contributed by atoms with Gasteiger partial charge in [0.05, 0.1) is 0 Å². The number of alkyl carbamates (subject to hydrolysis) is 1. The molecule has 0 aliphatic heterocycles. The molecule has 0 fully saturated rings. The van der Waals surface area contributed by atoms with Gasteiger partial charge in [0, 0.05) is 0 Å². The van der Waals surface area contributed by atoms with Crippen molar-refractivity contribution in [3.63, 3.8) is 0 Å². The number of benzene rings is 1. The zero-order chi connectivity index (χ0) is 17.8. The van der Waals surface area contributed by atoms with E-state index in [2.05, 4.69) is 9.50 Å². The molecule has 0 unspecified atom stereocenters. The highest BCUT2D eigenvalue weighted by molar-refractivity contribution is 7.87. The highest BCUT2D eigenvalue weighted by Gasteiger charge is 2.27. The van der Waals surface area contributed by atoms with Gasteiger partial charge in [0.2, 0.25) is 0 Å². The van der Waals surface area contributed by atoms with Crippen molar-refractivity contribution < 1.29 is 26.9 Å². The molecule has 0 heterocycles. The predicted octanol–water partition coefficient (Wildman–Crippen LogP) is 2.14. The molecule has 0 bridgehead atoms. The molecular formula is C15H21NO6S. The summed E-state index contributed by atoms with van der Waals surface area (Å²) in [4.78, 5) is 23.2. The lowest BCUT2D eigenvalue weighted by molar-refractivity contribution is -0.135. The van der Waals surface area contributed by atoms with E-state index in [4.69, 9.17) is 4.74 Å². The Kier molecular flexibility index (Phi) is 5.76. The lowest BCUT2D eigenvalue weighted by atomic mass is 10.2. The number of ether oxygens (including phenoxy) is 1. The fourth-order valence-electron chi connectivity index (χ4n) is 1.48. The number of carbonyl (C=O) groups is 2. The monoisotopic (exact) mass is 343 g/mol. The van der Waals surface area contributed by atoms with Gasteiger partial charge in [-0.25, -0.2) is 9.59 Å². The molecule has 0 aliphatic carbocycles. The number of nitrogens with one attached hydrogen (secondary N) is 1. The summed E-state index contributed by atoms with van der Waals surface area (Å²) in [6.07, 6.45) is -0.838. The first kappa shape index (κ1) is 19.0. The van der Waals surface area contributed by atoms with Gasteiger partial charge in [0.25, 0.3) is 0 Å². The van der Waals surface area contributed by atoms with Crippen LogP contribution in [0.4, 0.5) is 4.79 Å². The minimum Gasteiger partial charge on any atom is -0.444 e. The molecule has 0 saturated heterocycles. The molecule has 23 heavy (non-hydrogen) atoms. The fraction of sp³-hybridized carbons (Fsp3) is 0.467. The fourth-order valence-corrected chi connectivity index (χ4v) is 2.40. The molecule has 7 nitrogen and oxygen atoms in total. The molecule has 1 atom stereocenters. The summed E-state index contributed by atoms with van der Waals surface area (Å²) in [5.41, 5.74) is 0.136. The van der Waals surface area contributed by atoms with Gasteiger partial charge in [-0.1, -0.05) is 17.7 Å². The number of rotatable bonds is 4. The predicted molar refractivity (Wildman–Crippen MR) is 83.3 cm³/mol. The van der Waals surface area contributed by atoms with Gasteiger partial charge >= 0.3 is 22.2 Å². The van der Waals surface area contributed by atoms with E-state index in [1.54, 1.807) is 39.8 Å². The largest absolute Gasteiger partial charge is 0.444 e. The minimum absolute atomic E-state index is 0.138. The standard InChI is InChI=1S/C15H21NO6S/c1-10-6-8-12(9-7-10)23(19,20)22-13(17)11(2)16-14(18)21-15(3,4)5/h6-9,11H,1-5H3,(H,16,18)/t11-/m1/s1. The molecule has 1 rings (SSSR count). The maximum Gasteiger partial charge on any atom is 0.408 e. The SMILES string of the molecule is Cc1ccc(S(=O)(=O)OC(=O)[C@@H](C)NC(=O)OC(C)(C)C)cc1. The molecule has 0 aliphatic rings. The Balaban J connectivity index is 2.71. The van der Waals surface area contributed by atoms with E-state index < -0.39 is 33.8 Å². The van der Waals surface area contributed by atoms with E-state index >= 15 is 0 Å². The Labute approximate surface area is 136 Å². The van der Waals surface area contributed by atoms with Crippen LogP contribution >= 0.6 is 0 Å². The molecule has 0 saturated carbocycles. The van der Waals surface area contributed by atoms with Crippen molar-refractivity contribution in [3.8, 4) is 0 Å². The first-order valence-electron chi connectivity index (χ1n) is 6.95. The third-order valence-electron chi connectivity index (χ3n) is 2.59. The Morgan fingerprint density at radius 3 is 2.13 bits per heavy atom. The highest BCUT2D eigenvalue weighted by Crippen LogP contribution is 2.14. The summed E-state index contributed by atoms with van der Waals surface area (Å²) in [5, 5.41) is 2.22. The highest BCUT2D eigenvalue weighted by atomic mass is 32.2. The van der Waals surface area contributed by atoms with E-state index in [0.29, 0.717) is 0 Å². The van der Waals surface area contributed by atoms with E-state index in [1.165, 1.54) is 19.1 Å². The molecule has 1 amide bonds. The van der Waals surface area contributed by atoms with Crippen LogP contribution in [0.1, 0.15) is 33.3 Å². The van der Waals surface area contributed by atoms with Crippen LogP contribution in [0.5, 0.6) is 0 Å². The quantitative estimate of drug-likeness (QED) is 0.841. The Morgan fingerprint density at radius 1 is 1.13 bits per heavy atom. The third kappa shape index (κ3) is 6.27. The van der Waals surface area contributed by atoms with Crippen molar-refractivity contribution in [3.05, 3.63) is 29.8 Å². The second kappa shape index (κ2) is 6.99. The molecule has 1 aromatic carbocycles. The average Bonchev–Trinajstić information content (AvgIpc) is 2.36. The Hall–Kier alpha value is -2.09. The van der Waals surface area contributed by atoms with E-state index in [-0.39, 0.29) is 4.90 Å². The van der Waals surface area contributed by atoms with Gasteiger partial charge < -0.3 is 14.2 Å². The van der Waals surface area contributed by atoms with Crippen LogP contribution in [0.25, 0.3) is 0 Å². The lowest BCUT2D eigenvalue weighted by Gasteiger charge is -2.21. The summed E-state index contributed by atoms with van der Waals surface area (Å²) in [7, 11) is -4.23. The molecule has 1 aromatic rings.